The fourth-order valence-corrected chi connectivity index (χ4v) is 11.6. The van der Waals surface area contributed by atoms with E-state index in [4.69, 9.17) is 82.5 Å². The molecule has 29 nitrogen and oxygen atoms in total. The van der Waals surface area contributed by atoms with E-state index in [0.717, 1.165) is 99.6 Å². The summed E-state index contributed by atoms with van der Waals surface area (Å²) >= 11 is 19.3. The highest BCUT2D eigenvalue weighted by atomic mass is 35.5. The van der Waals surface area contributed by atoms with Crippen LogP contribution in [0.4, 0.5) is 4.79 Å². The summed E-state index contributed by atoms with van der Waals surface area (Å²) in [5.41, 5.74) is 7.02. The minimum atomic E-state index is -0.511. The van der Waals surface area contributed by atoms with Crippen molar-refractivity contribution in [3.05, 3.63) is 241 Å². The van der Waals surface area contributed by atoms with Crippen LogP contribution >= 0.6 is 46.1 Å². The summed E-state index contributed by atoms with van der Waals surface area (Å²) in [7, 11) is 0. The van der Waals surface area contributed by atoms with Gasteiger partial charge in [0.1, 0.15) is 11.4 Å². The molecule has 8 rings (SSSR count). The molecule has 0 fully saturated rings. The molecule has 0 amide bonds. The number of aromatic hydroxyl groups is 1. The van der Waals surface area contributed by atoms with E-state index in [0.29, 0.717) is 170 Å². The number of nitrogens with one attached hydrogen (secondary N) is 7. The third-order valence-corrected chi connectivity index (χ3v) is 18.2. The summed E-state index contributed by atoms with van der Waals surface area (Å²) in [6, 6.07) is 45.4. The summed E-state index contributed by atoms with van der Waals surface area (Å²) < 4.78 is 45.4. The van der Waals surface area contributed by atoms with Gasteiger partial charge in [-0.05, 0) is 213 Å². The lowest BCUT2D eigenvalue weighted by atomic mass is 10.1. The Hall–Kier alpha value is -10.2. The molecule has 0 radical (unpaired) electrons. The van der Waals surface area contributed by atoms with Crippen LogP contribution in [0.1, 0.15) is 184 Å². The van der Waals surface area contributed by atoms with Crippen molar-refractivity contribution >= 4 is 100.0 Å². The maximum absolute atomic E-state index is 12.0. The lowest BCUT2D eigenvalue weighted by molar-refractivity contribution is -0.144. The van der Waals surface area contributed by atoms with E-state index >= 15 is 0 Å². The zero-order valence-electron chi connectivity index (χ0n) is 76.8. The number of hydrogen-bond donors (Lipinski definition) is 8. The third-order valence-electron chi connectivity index (χ3n) is 16.5. The number of carbonyl (C=O) groups is 9. The Kier molecular flexibility index (Phi) is 70.3. The van der Waals surface area contributed by atoms with Crippen LogP contribution in [0.3, 0.4) is 0 Å². The smallest absolute Gasteiger partial charge is 0.418 e. The zero-order valence-corrected chi connectivity index (χ0v) is 79.9. The maximum atomic E-state index is 12.0. The number of aromatic nitrogens is 3. The SMILES string of the molecule is CCOC(=O)CCCCc1cccn1C(=O)OC(C)(C)C.CCOC(=O)CCNCc1ccc(Cl)cc1.CCOC(=O)CCNCc1ccc(O)cc1.CCOC(=O)CCNCc1cccc(Cl)c1.CCOC(=O)CCNCc1ccccc1Cl.CCOC(=O)CCNCc1cccnc1.CCOC(=O)CCNCc1cccs1.CCOC(=O)CCNCc1ccncc1. The van der Waals surface area contributed by atoms with Gasteiger partial charge in [0.2, 0.25) is 0 Å². The number of esters is 8. The van der Waals surface area contributed by atoms with E-state index in [1.807, 2.05) is 167 Å². The third kappa shape index (κ3) is 67.6. The Labute approximate surface area is 781 Å². The Morgan fingerprint density at radius 3 is 1.17 bits per heavy atom. The summed E-state index contributed by atoms with van der Waals surface area (Å²) in [6.07, 6.45) is 13.9. The molecule has 8 N–H and O–H groups in total. The summed E-state index contributed by atoms with van der Waals surface area (Å²) in [5, 5.41) is 35.4. The number of hydrogen-bond acceptors (Lipinski definition) is 29. The van der Waals surface area contributed by atoms with Crippen molar-refractivity contribution in [1.29, 1.82) is 0 Å². The van der Waals surface area contributed by atoms with Crippen molar-refractivity contribution < 1.29 is 90.9 Å². The number of aryl methyl sites for hydroxylation is 1. The number of halogens is 3. The quantitative estimate of drug-likeness (QED) is 0.00997. The number of ether oxygens (including phenoxy) is 9. The molecule has 4 aromatic heterocycles. The number of phenolic OH excluding ortho intramolecular Hbond substituents is 1. The molecule has 8 aromatic rings. The van der Waals surface area contributed by atoms with Gasteiger partial charge in [0.15, 0.2) is 0 Å². The number of carbonyl (C=O) groups excluding carboxylic acids is 9. The van der Waals surface area contributed by atoms with E-state index in [1.165, 1.54) is 9.44 Å². The number of benzene rings is 4. The molecule has 0 aliphatic heterocycles. The minimum Gasteiger partial charge on any atom is -0.508 e. The average molecular weight is 1870 g/mol. The van der Waals surface area contributed by atoms with Gasteiger partial charge in [0.05, 0.1) is 97.8 Å². The van der Waals surface area contributed by atoms with Gasteiger partial charge in [0.25, 0.3) is 0 Å². The van der Waals surface area contributed by atoms with Crippen molar-refractivity contribution in [2.45, 2.75) is 198 Å². The molecule has 129 heavy (non-hydrogen) atoms. The van der Waals surface area contributed by atoms with E-state index in [9.17, 15) is 43.2 Å². The van der Waals surface area contributed by atoms with Gasteiger partial charge in [-0.2, -0.15) is 0 Å². The van der Waals surface area contributed by atoms with E-state index < -0.39 is 5.60 Å². The Balaban J connectivity index is 0.000000739. The van der Waals surface area contributed by atoms with Gasteiger partial charge in [-0.25, -0.2) is 4.79 Å². The molecule has 33 heteroatoms. The second-order valence-electron chi connectivity index (χ2n) is 28.3. The standard InChI is InChI=1S/C16H25NO4.3C12H16ClNO2.C12H17NO3.2C11H16N2O2.C10H15NO2S/c1-5-20-14(18)11-7-6-9-13-10-8-12-17(13)15(19)21-16(2,3)4;1-2-16-12(15)7-8-14-9-10-3-5-11(13)6-4-10;1-2-16-12(15)6-7-14-9-10-4-3-5-11(13)8-10;1-2-16-12(15)7-8-14-9-10-5-3-4-6-11(10)13;1-2-16-12(15)7-8-13-9-10-3-5-11(14)6-4-10;1-2-15-11(14)5-8-13-9-10-3-6-12-7-4-10;1-2-15-11(14)5-7-13-9-10-4-3-6-12-8-10;1-2-13-10(12)5-6-11-8-9-4-3-7-14-9/h8,10,12H,5-7,9,11H2,1-4H3;3-6,14H,2,7-9H2,1H3;3-5,8,14H,2,6-7,9H2,1H3;3-6,14H,2,7-9H2,1H3;3-6,13-14H,2,7-9H2,1H3;3-4,6-7,13H,2,5,8-9H2,1H3;3-4,6,8,13H,2,5,7,9H2,1H3;3-4,7,11H,2,5-6,8H2,1H3. The average Bonchev–Trinajstić information content (AvgIpc) is 1.73. The number of unbranched alkanes of at least 4 members (excludes halogenated alkanes) is 1. The van der Waals surface area contributed by atoms with Gasteiger partial charge >= 0.3 is 53.8 Å². The molecular weight excluding hydrogens is 1740 g/mol. The van der Waals surface area contributed by atoms with Crippen LogP contribution in [0.15, 0.2) is 182 Å². The molecule has 4 aromatic carbocycles. The van der Waals surface area contributed by atoms with Crippen LogP contribution in [-0.4, -0.2) is 178 Å². The van der Waals surface area contributed by atoms with Gasteiger partial charge in [-0.1, -0.05) is 102 Å². The number of pyridine rings is 2. The second-order valence-corrected chi connectivity index (χ2v) is 30.6. The topological polar surface area (TPSA) is 372 Å². The fraction of sp³-hybridized carbons (Fsp3) is 0.469. The molecule has 0 saturated heterocycles. The number of rotatable bonds is 48. The predicted octanol–water partition coefficient (Wildman–Crippen LogP) is 16.2. The molecule has 0 spiro atoms. The van der Waals surface area contributed by atoms with Gasteiger partial charge in [0, 0.05) is 155 Å². The van der Waals surface area contributed by atoms with Gasteiger partial charge in [-0.15, -0.1) is 11.3 Å². The van der Waals surface area contributed by atoms with Crippen molar-refractivity contribution in [2.75, 3.05) is 98.7 Å². The number of thiophene rings is 1. The second kappa shape index (κ2) is 77.7. The molecule has 0 bridgehead atoms. The molecule has 0 saturated carbocycles. The van der Waals surface area contributed by atoms with Gasteiger partial charge < -0.3 is 85.0 Å². The van der Waals surface area contributed by atoms with Crippen LogP contribution in [-0.2, 0) is 133 Å². The predicted molar refractivity (Wildman–Crippen MR) is 506 cm³/mol. The summed E-state index contributed by atoms with van der Waals surface area (Å²) in [6.45, 7) is 33.0. The fourth-order valence-electron chi connectivity index (χ4n) is 10.4. The highest BCUT2D eigenvalue weighted by Crippen LogP contribution is 2.18. The molecule has 4 heterocycles. The molecular formula is C96H137Cl3N10O19S. The lowest BCUT2D eigenvalue weighted by Crippen LogP contribution is -2.27. The highest BCUT2D eigenvalue weighted by molar-refractivity contribution is 7.09. The Morgan fingerprint density at radius 2 is 0.767 bits per heavy atom. The molecule has 0 atom stereocenters. The molecule has 0 unspecified atom stereocenters. The largest absolute Gasteiger partial charge is 0.508 e. The number of phenols is 1. The Bertz CT molecular complexity index is 4120. The van der Waals surface area contributed by atoms with Crippen molar-refractivity contribution in [2.24, 2.45) is 0 Å². The molecule has 0 aliphatic carbocycles. The zero-order chi connectivity index (χ0) is 95.2. The van der Waals surface area contributed by atoms with Crippen molar-refractivity contribution in [3.8, 4) is 5.75 Å². The summed E-state index contributed by atoms with van der Waals surface area (Å²) in [5.74, 6) is -1.03. The highest BCUT2D eigenvalue weighted by Gasteiger charge is 2.20. The maximum Gasteiger partial charge on any atom is 0.418 e. The van der Waals surface area contributed by atoms with Crippen LogP contribution in [0.2, 0.25) is 15.1 Å². The normalized spacial score (nSPS) is 10.2. The monoisotopic (exact) mass is 1870 g/mol. The lowest BCUT2D eigenvalue weighted by Gasteiger charge is -2.20. The van der Waals surface area contributed by atoms with E-state index in [-0.39, 0.29) is 59.6 Å². The van der Waals surface area contributed by atoms with Crippen LogP contribution in [0.5, 0.6) is 5.75 Å². The van der Waals surface area contributed by atoms with Gasteiger partial charge in [-0.3, -0.25) is 52.9 Å². The molecule has 0 aliphatic rings. The van der Waals surface area contributed by atoms with Crippen LogP contribution in [0, 0.1) is 0 Å². The van der Waals surface area contributed by atoms with Crippen molar-refractivity contribution in [1.82, 2.24) is 51.8 Å². The van der Waals surface area contributed by atoms with Crippen molar-refractivity contribution in [3.63, 3.8) is 0 Å². The first-order valence-corrected chi connectivity index (χ1v) is 45.6. The van der Waals surface area contributed by atoms with E-state index in [2.05, 4.69) is 53.3 Å². The van der Waals surface area contributed by atoms with Crippen LogP contribution in [0.25, 0.3) is 0 Å². The molecule has 712 valence electrons. The summed E-state index contributed by atoms with van der Waals surface area (Å²) in [4.78, 5) is 109. The number of nitrogens with zero attached hydrogens (tertiary/aromatic N) is 3. The Morgan fingerprint density at radius 1 is 0.372 bits per heavy atom. The first-order chi connectivity index (χ1) is 62.2. The first-order valence-electron chi connectivity index (χ1n) is 43.6. The van der Waals surface area contributed by atoms with E-state index in [1.54, 1.807) is 96.0 Å². The van der Waals surface area contributed by atoms with Crippen LogP contribution < -0.4 is 37.2 Å². The minimum absolute atomic E-state index is 0.133. The first kappa shape index (κ1) is 117.